The fraction of sp³-hybridized carbons (Fsp3) is 1.00. The summed E-state index contributed by atoms with van der Waals surface area (Å²) in [5.74, 6) is 3.18. The molecule has 2 fully saturated rings. The first-order chi connectivity index (χ1) is 7.76. The minimum absolute atomic E-state index is 0.206. The van der Waals surface area contributed by atoms with Crippen LogP contribution in [0.3, 0.4) is 0 Å². The summed E-state index contributed by atoms with van der Waals surface area (Å²) in [5.41, 5.74) is 6.53. The highest BCUT2D eigenvalue weighted by Gasteiger charge is 2.41. The third-order valence-electron chi connectivity index (χ3n) is 4.09. The third kappa shape index (κ3) is 2.93. The predicted octanol–water partition coefficient (Wildman–Crippen LogP) is 2.81. The summed E-state index contributed by atoms with van der Waals surface area (Å²) in [5, 5.41) is 0. The molecule has 0 aromatic rings. The Bertz CT molecular complexity index is 216. The molecule has 2 heterocycles. The van der Waals surface area contributed by atoms with Crippen LogP contribution < -0.4 is 5.73 Å². The fourth-order valence-corrected chi connectivity index (χ4v) is 4.35. The van der Waals surface area contributed by atoms with Gasteiger partial charge in [0.15, 0.2) is 0 Å². The second-order valence-electron chi connectivity index (χ2n) is 5.39. The lowest BCUT2D eigenvalue weighted by Crippen LogP contribution is -2.45. The van der Waals surface area contributed by atoms with Gasteiger partial charge in [0.25, 0.3) is 0 Å². The Morgan fingerprint density at radius 3 is 3.12 bits per heavy atom. The normalized spacial score (nSPS) is 36.8. The van der Waals surface area contributed by atoms with Gasteiger partial charge in [0.1, 0.15) is 0 Å². The first-order valence-electron chi connectivity index (χ1n) is 6.73. The summed E-state index contributed by atoms with van der Waals surface area (Å²) in [6, 6.07) is 0.409. The van der Waals surface area contributed by atoms with Crippen molar-refractivity contribution in [1.29, 1.82) is 0 Å². The maximum atomic E-state index is 6.32. The van der Waals surface area contributed by atoms with Crippen molar-refractivity contribution in [3.05, 3.63) is 0 Å². The highest BCUT2D eigenvalue weighted by molar-refractivity contribution is 7.99. The van der Waals surface area contributed by atoms with Gasteiger partial charge in [-0.1, -0.05) is 19.8 Å². The molecule has 0 amide bonds. The quantitative estimate of drug-likeness (QED) is 0.824. The molecule has 0 aromatic carbocycles. The lowest BCUT2D eigenvalue weighted by Gasteiger charge is -2.40. The summed E-state index contributed by atoms with van der Waals surface area (Å²) >= 11 is 2.05. The number of nitrogens with two attached hydrogens (primary N) is 1. The molecule has 0 radical (unpaired) electrons. The van der Waals surface area contributed by atoms with Crippen molar-refractivity contribution in [2.45, 2.75) is 57.1 Å². The topological polar surface area (TPSA) is 35.2 Å². The summed E-state index contributed by atoms with van der Waals surface area (Å²) in [7, 11) is 0. The Hall–Kier alpha value is 0.270. The van der Waals surface area contributed by atoms with Crippen LogP contribution in [0.5, 0.6) is 0 Å². The number of rotatable bonds is 4. The Balaban J connectivity index is 1.85. The van der Waals surface area contributed by atoms with Gasteiger partial charge in [0.05, 0.1) is 5.60 Å². The molecule has 2 aliphatic heterocycles. The van der Waals surface area contributed by atoms with Crippen molar-refractivity contribution in [1.82, 2.24) is 0 Å². The number of hydrogen-bond acceptors (Lipinski definition) is 3. The average Bonchev–Trinajstić information content (AvgIpc) is 2.74. The summed E-state index contributed by atoms with van der Waals surface area (Å²) in [6.45, 7) is 3.18. The largest absolute Gasteiger partial charge is 0.374 e. The average molecular weight is 243 g/mol. The van der Waals surface area contributed by atoms with Crippen LogP contribution in [0.4, 0.5) is 0 Å². The molecule has 2 nitrogen and oxygen atoms in total. The molecule has 2 aliphatic rings. The maximum absolute atomic E-state index is 6.32. The minimum Gasteiger partial charge on any atom is -0.374 e. The van der Waals surface area contributed by atoms with E-state index in [0.717, 1.165) is 6.61 Å². The van der Waals surface area contributed by atoms with Crippen molar-refractivity contribution < 1.29 is 4.74 Å². The van der Waals surface area contributed by atoms with Gasteiger partial charge in [-0.15, -0.1) is 0 Å². The van der Waals surface area contributed by atoms with Gasteiger partial charge < -0.3 is 10.5 Å². The fourth-order valence-electron chi connectivity index (χ4n) is 2.97. The summed E-state index contributed by atoms with van der Waals surface area (Å²) < 4.78 is 6.03. The van der Waals surface area contributed by atoms with E-state index < -0.39 is 0 Å². The molecule has 3 atom stereocenters. The van der Waals surface area contributed by atoms with Crippen LogP contribution >= 0.6 is 11.8 Å². The van der Waals surface area contributed by atoms with E-state index in [1.165, 1.54) is 50.0 Å². The van der Waals surface area contributed by atoms with E-state index in [2.05, 4.69) is 6.92 Å². The van der Waals surface area contributed by atoms with E-state index in [-0.39, 0.29) is 5.60 Å². The van der Waals surface area contributed by atoms with E-state index in [4.69, 9.17) is 10.5 Å². The van der Waals surface area contributed by atoms with Gasteiger partial charge in [-0.2, -0.15) is 11.8 Å². The highest BCUT2D eigenvalue weighted by Crippen LogP contribution is 2.41. The molecule has 2 saturated heterocycles. The molecule has 3 unspecified atom stereocenters. The van der Waals surface area contributed by atoms with Crippen molar-refractivity contribution in [2.24, 2.45) is 11.7 Å². The monoisotopic (exact) mass is 243 g/mol. The standard InChI is InChI=1S/C13H25NOS/c1-2-3-4-12(14)11-5-7-15-13(9-11)6-8-16-10-13/h11-12H,2-10,14H2,1H3. The van der Waals surface area contributed by atoms with E-state index in [0.29, 0.717) is 12.0 Å². The number of hydrogen-bond donors (Lipinski definition) is 1. The zero-order chi connectivity index (χ0) is 11.4. The lowest BCUT2D eigenvalue weighted by molar-refractivity contribution is -0.0835. The van der Waals surface area contributed by atoms with E-state index in [9.17, 15) is 0 Å². The van der Waals surface area contributed by atoms with Gasteiger partial charge in [0.2, 0.25) is 0 Å². The van der Waals surface area contributed by atoms with Gasteiger partial charge >= 0.3 is 0 Å². The molecular weight excluding hydrogens is 218 g/mol. The second-order valence-corrected chi connectivity index (χ2v) is 6.50. The van der Waals surface area contributed by atoms with Crippen LogP contribution in [-0.4, -0.2) is 29.8 Å². The second kappa shape index (κ2) is 5.74. The van der Waals surface area contributed by atoms with Crippen molar-refractivity contribution in [3.8, 4) is 0 Å². The van der Waals surface area contributed by atoms with Crippen molar-refractivity contribution in [3.63, 3.8) is 0 Å². The van der Waals surface area contributed by atoms with Crippen LogP contribution in [0.25, 0.3) is 0 Å². The molecule has 0 aromatic heterocycles. The van der Waals surface area contributed by atoms with E-state index >= 15 is 0 Å². The zero-order valence-electron chi connectivity index (χ0n) is 10.4. The summed E-state index contributed by atoms with van der Waals surface area (Å²) in [4.78, 5) is 0. The molecule has 2 rings (SSSR count). The first-order valence-corrected chi connectivity index (χ1v) is 7.88. The Kier molecular flexibility index (Phi) is 4.57. The minimum atomic E-state index is 0.206. The molecule has 16 heavy (non-hydrogen) atoms. The molecule has 2 N–H and O–H groups in total. The van der Waals surface area contributed by atoms with Gasteiger partial charge in [-0.05, 0) is 37.4 Å². The third-order valence-corrected chi connectivity index (χ3v) is 5.32. The predicted molar refractivity (Wildman–Crippen MR) is 70.8 cm³/mol. The van der Waals surface area contributed by atoms with Gasteiger partial charge in [0, 0.05) is 18.4 Å². The molecule has 3 heteroatoms. The van der Waals surface area contributed by atoms with Crippen LogP contribution in [0.2, 0.25) is 0 Å². The van der Waals surface area contributed by atoms with Crippen LogP contribution in [0.15, 0.2) is 0 Å². The molecular formula is C13H25NOS. The number of ether oxygens (including phenoxy) is 1. The highest BCUT2D eigenvalue weighted by atomic mass is 32.2. The van der Waals surface area contributed by atoms with Gasteiger partial charge in [-0.3, -0.25) is 0 Å². The molecule has 94 valence electrons. The Morgan fingerprint density at radius 1 is 1.56 bits per heavy atom. The Morgan fingerprint density at radius 2 is 2.44 bits per heavy atom. The molecule has 0 bridgehead atoms. The molecule has 0 aliphatic carbocycles. The van der Waals surface area contributed by atoms with Crippen LogP contribution in [0.1, 0.15) is 45.4 Å². The maximum Gasteiger partial charge on any atom is 0.0783 e. The lowest BCUT2D eigenvalue weighted by atomic mass is 9.80. The summed E-state index contributed by atoms with van der Waals surface area (Å²) in [6.07, 6.45) is 7.37. The smallest absolute Gasteiger partial charge is 0.0783 e. The molecule has 0 saturated carbocycles. The Labute approximate surface area is 104 Å². The van der Waals surface area contributed by atoms with Crippen molar-refractivity contribution in [2.75, 3.05) is 18.1 Å². The van der Waals surface area contributed by atoms with E-state index in [1.807, 2.05) is 11.8 Å². The SMILES string of the molecule is CCCCC(N)C1CCOC2(CCSC2)C1. The van der Waals surface area contributed by atoms with Crippen LogP contribution in [-0.2, 0) is 4.74 Å². The van der Waals surface area contributed by atoms with Gasteiger partial charge in [-0.25, -0.2) is 0 Å². The number of thioether (sulfide) groups is 1. The first kappa shape index (κ1) is 12.7. The zero-order valence-corrected chi connectivity index (χ0v) is 11.2. The van der Waals surface area contributed by atoms with Crippen LogP contribution in [0, 0.1) is 5.92 Å². The van der Waals surface area contributed by atoms with Crippen molar-refractivity contribution >= 4 is 11.8 Å². The van der Waals surface area contributed by atoms with E-state index in [1.54, 1.807) is 0 Å². The molecule has 1 spiro atoms. The number of unbranched alkanes of at least 4 members (excludes halogenated alkanes) is 1.